The molecular formula is C37H44N10O6. The Balaban J connectivity index is 1.39. The third-order valence-corrected chi connectivity index (χ3v) is 8.77. The number of aromatic amines is 1. The summed E-state index contributed by atoms with van der Waals surface area (Å²) >= 11 is 0. The van der Waals surface area contributed by atoms with Crippen molar-refractivity contribution in [2.75, 3.05) is 19.8 Å². The minimum Gasteiger partial charge on any atom is -0.465 e. The fourth-order valence-corrected chi connectivity index (χ4v) is 6.15. The second kappa shape index (κ2) is 18.9. The van der Waals surface area contributed by atoms with Crippen molar-refractivity contribution in [2.24, 2.45) is 22.4 Å². The van der Waals surface area contributed by atoms with Crippen LogP contribution >= 0.6 is 0 Å². The molecule has 2 aromatic heterocycles. The number of ketones is 1. The van der Waals surface area contributed by atoms with E-state index in [0.29, 0.717) is 61.2 Å². The van der Waals surface area contributed by atoms with Crippen LogP contribution in [0.5, 0.6) is 0 Å². The highest BCUT2D eigenvalue weighted by atomic mass is 16.9. The number of benzene rings is 3. The van der Waals surface area contributed by atoms with Crippen molar-refractivity contribution in [3.63, 3.8) is 0 Å². The lowest BCUT2D eigenvalue weighted by atomic mass is 9.93. The predicted octanol–water partition coefficient (Wildman–Crippen LogP) is 5.05. The fourth-order valence-electron chi connectivity index (χ4n) is 6.15. The number of tetrazole rings is 1. The van der Waals surface area contributed by atoms with E-state index in [0.717, 1.165) is 47.3 Å². The number of carbonyl (C=O) groups excluding carboxylic acids is 2. The van der Waals surface area contributed by atoms with Gasteiger partial charge in [-0.25, -0.2) is 4.98 Å². The van der Waals surface area contributed by atoms with E-state index >= 15 is 0 Å². The molecule has 0 fully saturated rings. The number of Topliss-reactive ketones (excluding diaryl/α,β-unsaturated/α-hetero) is 1. The Bertz CT molecular complexity index is 2010. The zero-order valence-electron chi connectivity index (χ0n) is 29.6. The van der Waals surface area contributed by atoms with Crippen LogP contribution in [0.15, 0.2) is 71.7 Å². The first-order valence-electron chi connectivity index (χ1n) is 17.7. The van der Waals surface area contributed by atoms with Gasteiger partial charge < -0.3 is 25.6 Å². The summed E-state index contributed by atoms with van der Waals surface area (Å²) in [7, 11) is 0. The Hall–Kier alpha value is -6.19. The van der Waals surface area contributed by atoms with Gasteiger partial charge in [0.2, 0.25) is 5.82 Å². The Labute approximate surface area is 306 Å². The lowest BCUT2D eigenvalue weighted by Crippen LogP contribution is -2.24. The number of hydrogen-bond donors (Lipinski definition) is 3. The molecule has 0 saturated carbocycles. The highest BCUT2D eigenvalue weighted by Crippen LogP contribution is 2.31. The van der Waals surface area contributed by atoms with Crippen molar-refractivity contribution in [3.8, 4) is 22.5 Å². The summed E-state index contributed by atoms with van der Waals surface area (Å²) < 4.78 is 7.61. The smallest absolute Gasteiger partial charge is 0.309 e. The Morgan fingerprint density at radius 3 is 2.47 bits per heavy atom. The second-order valence-electron chi connectivity index (χ2n) is 12.6. The normalized spacial score (nSPS) is 11.6. The highest BCUT2D eigenvalue weighted by Gasteiger charge is 2.26. The van der Waals surface area contributed by atoms with Gasteiger partial charge in [0.1, 0.15) is 5.82 Å². The molecule has 16 heteroatoms. The van der Waals surface area contributed by atoms with Gasteiger partial charge in [0.25, 0.3) is 5.09 Å². The second-order valence-corrected chi connectivity index (χ2v) is 12.6. The van der Waals surface area contributed by atoms with Gasteiger partial charge in [-0.1, -0.05) is 67.9 Å². The molecule has 0 aliphatic rings. The van der Waals surface area contributed by atoms with Crippen molar-refractivity contribution in [3.05, 3.63) is 93.8 Å². The number of ether oxygens (including phenoxy) is 1. The van der Waals surface area contributed by atoms with Crippen molar-refractivity contribution in [2.45, 2.75) is 64.8 Å². The van der Waals surface area contributed by atoms with E-state index in [1.165, 1.54) is 0 Å². The minimum absolute atomic E-state index is 0.0448. The molecule has 16 nitrogen and oxygen atoms in total. The number of fused-ring (bicyclic) bond motifs is 1. The van der Waals surface area contributed by atoms with E-state index < -0.39 is 17.0 Å². The number of H-pyrrole nitrogens is 1. The number of nitrogens with one attached hydrogen (secondary N) is 1. The van der Waals surface area contributed by atoms with E-state index in [9.17, 15) is 19.7 Å². The summed E-state index contributed by atoms with van der Waals surface area (Å²) in [6.45, 7) is 2.85. The largest absolute Gasteiger partial charge is 0.465 e. The SMILES string of the molecule is CCCCc1nc2cccc(C(=O)CC(CCCN=C(N)N)C(=O)OCCCCO[N+](=O)[O-])c2n1Cc1ccc(-c2ccccc2-c2nn[nH]n2)cc1. The number of nitrogens with zero attached hydrogens (tertiary/aromatic N) is 7. The van der Waals surface area contributed by atoms with Crippen LogP contribution in [0.4, 0.5) is 0 Å². The molecule has 278 valence electrons. The molecule has 0 amide bonds. The van der Waals surface area contributed by atoms with Crippen molar-refractivity contribution in [1.82, 2.24) is 30.2 Å². The maximum Gasteiger partial charge on any atom is 0.309 e. The first-order valence-corrected chi connectivity index (χ1v) is 17.7. The first-order chi connectivity index (χ1) is 25.7. The van der Waals surface area contributed by atoms with Gasteiger partial charge in [-0.2, -0.15) is 5.21 Å². The Morgan fingerprint density at radius 2 is 1.75 bits per heavy atom. The van der Waals surface area contributed by atoms with Crippen molar-refractivity contribution in [1.29, 1.82) is 0 Å². The first kappa shape index (κ1) is 38.1. The molecule has 1 atom stereocenters. The maximum absolute atomic E-state index is 14.1. The summed E-state index contributed by atoms with van der Waals surface area (Å²) in [4.78, 5) is 51.1. The van der Waals surface area contributed by atoms with Crippen molar-refractivity contribution < 1.29 is 24.3 Å². The average Bonchev–Trinajstić information content (AvgIpc) is 3.82. The molecule has 0 bridgehead atoms. The lowest BCUT2D eigenvalue weighted by molar-refractivity contribution is -0.757. The molecule has 5 N–H and O–H groups in total. The summed E-state index contributed by atoms with van der Waals surface area (Å²) in [6, 6.07) is 21.6. The highest BCUT2D eigenvalue weighted by molar-refractivity contribution is 6.07. The molecule has 0 radical (unpaired) electrons. The molecule has 0 aliphatic heterocycles. The van der Waals surface area contributed by atoms with Crippen LogP contribution in [0, 0.1) is 16.0 Å². The average molecular weight is 725 g/mol. The molecule has 1 unspecified atom stereocenters. The molecule has 5 rings (SSSR count). The zero-order valence-corrected chi connectivity index (χ0v) is 29.6. The third kappa shape index (κ3) is 10.4. The number of imidazole rings is 1. The number of nitrogens with two attached hydrogens (primary N) is 2. The summed E-state index contributed by atoms with van der Waals surface area (Å²) in [5.41, 5.74) is 16.7. The molecular weight excluding hydrogens is 680 g/mol. The molecule has 0 spiro atoms. The quantitative estimate of drug-likeness (QED) is 0.0172. The van der Waals surface area contributed by atoms with Gasteiger partial charge in [0.05, 0.1) is 30.2 Å². The number of aliphatic imine (C=N–C) groups is 1. The number of aromatic nitrogens is 6. The maximum atomic E-state index is 14.1. The van der Waals surface area contributed by atoms with Gasteiger partial charge in [-0.15, -0.1) is 20.3 Å². The van der Waals surface area contributed by atoms with E-state index in [2.05, 4.69) is 66.2 Å². The number of rotatable bonds is 21. The minimum atomic E-state index is -0.861. The van der Waals surface area contributed by atoms with Crippen molar-refractivity contribution >= 4 is 28.7 Å². The van der Waals surface area contributed by atoms with E-state index in [-0.39, 0.29) is 31.4 Å². The number of carbonyl (C=O) groups is 2. The number of unbranched alkanes of at least 4 members (excludes halogenated alkanes) is 2. The van der Waals surface area contributed by atoms with Crippen LogP contribution in [0.3, 0.4) is 0 Å². The monoisotopic (exact) mass is 724 g/mol. The third-order valence-electron chi connectivity index (χ3n) is 8.77. The lowest BCUT2D eigenvalue weighted by Gasteiger charge is -2.17. The summed E-state index contributed by atoms with van der Waals surface area (Å²) in [5.74, 6) is -0.154. The molecule has 3 aromatic carbocycles. The number of para-hydroxylation sites is 1. The van der Waals surface area contributed by atoms with Crippen LogP contribution in [-0.4, -0.2) is 72.7 Å². The van der Waals surface area contributed by atoms with Crippen LogP contribution in [0.1, 0.15) is 73.6 Å². The topological polar surface area (TPSA) is 232 Å². The van der Waals surface area contributed by atoms with E-state index in [1.54, 1.807) is 6.07 Å². The van der Waals surface area contributed by atoms with Gasteiger partial charge in [-0.3, -0.25) is 14.6 Å². The van der Waals surface area contributed by atoms with Gasteiger partial charge >= 0.3 is 5.97 Å². The van der Waals surface area contributed by atoms with E-state index in [1.807, 2.05) is 36.4 Å². The van der Waals surface area contributed by atoms with Crippen LogP contribution < -0.4 is 11.5 Å². The predicted molar refractivity (Wildman–Crippen MR) is 198 cm³/mol. The molecule has 0 saturated heterocycles. The zero-order chi connectivity index (χ0) is 37.6. The molecule has 2 heterocycles. The number of aryl methyl sites for hydroxylation is 1. The number of guanidine groups is 1. The summed E-state index contributed by atoms with van der Waals surface area (Å²) in [5, 5.41) is 24.1. The van der Waals surface area contributed by atoms with Gasteiger partial charge in [-0.05, 0) is 66.1 Å². The molecule has 53 heavy (non-hydrogen) atoms. The molecule has 0 aliphatic carbocycles. The van der Waals surface area contributed by atoms with E-state index in [4.69, 9.17) is 21.2 Å². The van der Waals surface area contributed by atoms with Crippen LogP contribution in [0.25, 0.3) is 33.5 Å². The Morgan fingerprint density at radius 1 is 0.981 bits per heavy atom. The fraction of sp³-hybridized carbons (Fsp3) is 0.378. The summed E-state index contributed by atoms with van der Waals surface area (Å²) in [6.07, 6.45) is 4.06. The Kier molecular flexibility index (Phi) is 13.6. The molecule has 5 aromatic rings. The van der Waals surface area contributed by atoms with Gasteiger partial charge in [0.15, 0.2) is 11.7 Å². The van der Waals surface area contributed by atoms with Crippen LogP contribution in [0.2, 0.25) is 0 Å². The number of hydrogen-bond acceptors (Lipinski definition) is 11. The number of esters is 1. The van der Waals surface area contributed by atoms with Crippen LogP contribution in [-0.2, 0) is 27.3 Å². The van der Waals surface area contributed by atoms with Gasteiger partial charge in [0, 0.05) is 37.1 Å². The standard InChI is InChI=1S/C37H44N10O6/c1-2-3-15-33-41-31-14-8-13-30(32(48)23-27(10-9-20-40-37(38)39)36(49)52-21-6-7-22-53-47(50)51)34(31)46(33)24-25-16-18-26(19-17-25)28-11-4-5-12-29(28)35-42-44-45-43-35/h4-5,8,11-14,16-19,27H,2-3,6-7,9-10,15,20-24H2,1H3,(H4,38,39,40)(H,42,43,44,45).